The van der Waals surface area contributed by atoms with Crippen LogP contribution in [0.2, 0.25) is 0 Å². The van der Waals surface area contributed by atoms with E-state index in [9.17, 15) is 4.79 Å². The topological polar surface area (TPSA) is 89.6 Å². The van der Waals surface area contributed by atoms with E-state index < -0.39 is 5.92 Å². The highest BCUT2D eigenvalue weighted by molar-refractivity contribution is 5.96. The van der Waals surface area contributed by atoms with Crippen molar-refractivity contribution in [3.05, 3.63) is 45.8 Å². The Balaban J connectivity index is 2.52. The summed E-state index contributed by atoms with van der Waals surface area (Å²) < 4.78 is 0. The fraction of sp³-hybridized carbons (Fsp3) is 0.385. The van der Waals surface area contributed by atoms with Crippen molar-refractivity contribution in [2.75, 3.05) is 6.54 Å². The summed E-state index contributed by atoms with van der Waals surface area (Å²) in [4.78, 5) is 14.4. The van der Waals surface area contributed by atoms with Gasteiger partial charge in [-0.15, -0.1) is 0 Å². The van der Waals surface area contributed by atoms with Gasteiger partial charge in [0.15, 0.2) is 5.78 Å². The van der Waals surface area contributed by atoms with Crippen molar-refractivity contribution in [1.29, 1.82) is 5.26 Å². The number of Topliss-reactive ketones (excluding diaryl/α,β-unsaturated/α-hetero) is 1. The quantitative estimate of drug-likeness (QED) is 0.331. The van der Waals surface area contributed by atoms with Gasteiger partial charge in [0.1, 0.15) is 0 Å². The lowest BCUT2D eigenvalue weighted by Crippen LogP contribution is -2.06. The average Bonchev–Trinajstić information content (AvgIpc) is 2.39. The van der Waals surface area contributed by atoms with Crippen molar-refractivity contribution < 1.29 is 4.79 Å². The monoisotopic (exact) mass is 242 g/mol. The summed E-state index contributed by atoms with van der Waals surface area (Å²) >= 11 is 0. The number of nitriles is 1. The number of nitrogens with zero attached hydrogens (tertiary/aromatic N) is 4. The first-order valence-electron chi connectivity index (χ1n) is 5.67. The Morgan fingerprint density at radius 2 is 2.17 bits per heavy atom. The third kappa shape index (κ3) is 4.28. The zero-order valence-corrected chi connectivity index (χ0v) is 10.2. The van der Waals surface area contributed by atoms with E-state index in [1.807, 2.05) is 25.1 Å². The number of azide groups is 1. The van der Waals surface area contributed by atoms with Gasteiger partial charge in [0.25, 0.3) is 0 Å². The molecule has 1 unspecified atom stereocenters. The summed E-state index contributed by atoms with van der Waals surface area (Å²) in [6.07, 6.45) is 0.713. The van der Waals surface area contributed by atoms with Gasteiger partial charge in [-0.1, -0.05) is 34.9 Å². The molecular formula is C13H14N4O. The van der Waals surface area contributed by atoms with Crippen LogP contribution in [0.25, 0.3) is 10.4 Å². The maximum Gasteiger partial charge on any atom is 0.162 e. The van der Waals surface area contributed by atoms with E-state index in [1.54, 1.807) is 12.1 Å². The van der Waals surface area contributed by atoms with E-state index in [0.717, 1.165) is 5.56 Å². The number of carbonyl (C=O) groups excluding carboxylic acids is 1. The molecule has 0 radical (unpaired) electrons. The number of hydrogen-bond donors (Lipinski definition) is 0. The van der Waals surface area contributed by atoms with Gasteiger partial charge in [0.2, 0.25) is 0 Å². The molecule has 92 valence electrons. The van der Waals surface area contributed by atoms with Crippen molar-refractivity contribution >= 4 is 5.78 Å². The number of aryl methyl sites for hydroxylation is 1. The Bertz CT molecular complexity index is 495. The molecule has 0 saturated heterocycles. The molecule has 1 aromatic rings. The molecule has 0 aliphatic rings. The predicted molar refractivity (Wildman–Crippen MR) is 67.9 cm³/mol. The molecule has 0 bridgehead atoms. The van der Waals surface area contributed by atoms with Gasteiger partial charge in [0, 0.05) is 23.4 Å². The van der Waals surface area contributed by atoms with Crippen molar-refractivity contribution in [3.63, 3.8) is 0 Å². The van der Waals surface area contributed by atoms with E-state index in [2.05, 4.69) is 10.0 Å². The van der Waals surface area contributed by atoms with Gasteiger partial charge >= 0.3 is 0 Å². The largest absolute Gasteiger partial charge is 0.294 e. The number of benzene rings is 1. The van der Waals surface area contributed by atoms with Crippen molar-refractivity contribution in [2.45, 2.75) is 19.8 Å². The first-order chi connectivity index (χ1) is 8.67. The number of hydrogen-bond acceptors (Lipinski definition) is 3. The first kappa shape index (κ1) is 13.8. The molecule has 5 heteroatoms. The summed E-state index contributed by atoms with van der Waals surface area (Å²) in [5.41, 5.74) is 9.93. The average molecular weight is 242 g/mol. The Hall–Kier alpha value is -2.31. The van der Waals surface area contributed by atoms with Gasteiger partial charge in [-0.2, -0.15) is 5.26 Å². The summed E-state index contributed by atoms with van der Waals surface area (Å²) in [5.74, 6) is -0.383. The SMILES string of the molecule is Cc1ccc(C(=O)CCC(C#N)CN=[N+]=[N-])cc1. The Labute approximate surface area is 106 Å². The molecule has 1 rings (SSSR count). The molecule has 0 N–H and O–H groups in total. The zero-order chi connectivity index (χ0) is 13.4. The molecule has 5 nitrogen and oxygen atoms in total. The normalized spacial score (nSPS) is 11.1. The molecule has 1 atom stereocenters. The second-order valence-electron chi connectivity index (χ2n) is 4.07. The van der Waals surface area contributed by atoms with Gasteiger partial charge in [-0.25, -0.2) is 0 Å². The molecular weight excluding hydrogens is 228 g/mol. The van der Waals surface area contributed by atoms with Crippen LogP contribution in [0.3, 0.4) is 0 Å². The fourth-order valence-electron chi connectivity index (χ4n) is 1.52. The molecule has 0 heterocycles. The summed E-state index contributed by atoms with van der Waals surface area (Å²) in [7, 11) is 0. The third-order valence-electron chi connectivity index (χ3n) is 2.64. The van der Waals surface area contributed by atoms with Crippen LogP contribution in [0.4, 0.5) is 0 Å². The molecule has 1 aromatic carbocycles. The molecule has 18 heavy (non-hydrogen) atoms. The van der Waals surface area contributed by atoms with E-state index >= 15 is 0 Å². The maximum absolute atomic E-state index is 11.8. The maximum atomic E-state index is 11.8. The summed E-state index contributed by atoms with van der Waals surface area (Å²) in [6.45, 7) is 2.08. The Morgan fingerprint density at radius 1 is 1.50 bits per heavy atom. The van der Waals surface area contributed by atoms with Crippen LogP contribution in [0, 0.1) is 24.2 Å². The van der Waals surface area contributed by atoms with Crippen LogP contribution in [-0.4, -0.2) is 12.3 Å². The van der Waals surface area contributed by atoms with Gasteiger partial charge < -0.3 is 0 Å². The highest BCUT2D eigenvalue weighted by Crippen LogP contribution is 2.12. The minimum Gasteiger partial charge on any atom is -0.294 e. The van der Waals surface area contributed by atoms with Crippen LogP contribution in [-0.2, 0) is 0 Å². The number of rotatable bonds is 6. The van der Waals surface area contributed by atoms with E-state index in [4.69, 9.17) is 10.8 Å². The molecule has 0 aromatic heterocycles. The molecule has 0 aliphatic heterocycles. The lowest BCUT2D eigenvalue weighted by atomic mass is 9.99. The highest BCUT2D eigenvalue weighted by atomic mass is 16.1. The van der Waals surface area contributed by atoms with Gasteiger partial charge in [-0.3, -0.25) is 4.79 Å². The lowest BCUT2D eigenvalue weighted by molar-refractivity contribution is 0.0977. The minimum absolute atomic E-state index is 0.0104. The third-order valence-corrected chi connectivity index (χ3v) is 2.64. The molecule has 0 fully saturated rings. The standard InChI is InChI=1S/C13H14N4O/c1-10-2-5-12(6-3-10)13(18)7-4-11(8-14)9-16-17-15/h2-3,5-6,11H,4,7,9H2,1H3. The van der Waals surface area contributed by atoms with Gasteiger partial charge in [0.05, 0.1) is 12.0 Å². The second-order valence-corrected chi connectivity index (χ2v) is 4.07. The second kappa shape index (κ2) is 7.10. The van der Waals surface area contributed by atoms with Gasteiger partial charge in [-0.05, 0) is 18.9 Å². The first-order valence-corrected chi connectivity index (χ1v) is 5.67. The Morgan fingerprint density at radius 3 is 2.72 bits per heavy atom. The van der Waals surface area contributed by atoms with Crippen molar-refractivity contribution in [2.24, 2.45) is 11.0 Å². The van der Waals surface area contributed by atoms with E-state index in [0.29, 0.717) is 18.4 Å². The van der Waals surface area contributed by atoms with Crippen LogP contribution in [0.15, 0.2) is 29.4 Å². The van der Waals surface area contributed by atoms with Crippen LogP contribution in [0.1, 0.15) is 28.8 Å². The van der Waals surface area contributed by atoms with E-state index in [-0.39, 0.29) is 12.3 Å². The zero-order valence-electron chi connectivity index (χ0n) is 10.2. The summed E-state index contributed by atoms with van der Waals surface area (Å²) in [6, 6.07) is 9.37. The lowest BCUT2D eigenvalue weighted by Gasteiger charge is -2.05. The van der Waals surface area contributed by atoms with Crippen molar-refractivity contribution in [3.8, 4) is 6.07 Å². The van der Waals surface area contributed by atoms with Crippen LogP contribution in [0.5, 0.6) is 0 Å². The predicted octanol–water partition coefficient (Wildman–Crippen LogP) is 3.41. The molecule has 0 amide bonds. The molecule has 0 spiro atoms. The molecule has 0 aliphatic carbocycles. The van der Waals surface area contributed by atoms with E-state index in [1.165, 1.54) is 0 Å². The number of carbonyl (C=O) groups is 1. The molecule has 0 saturated carbocycles. The number of ketones is 1. The Kier molecular flexibility index (Phi) is 5.43. The summed E-state index contributed by atoms with van der Waals surface area (Å²) in [5, 5.41) is 12.2. The van der Waals surface area contributed by atoms with Crippen LogP contribution >= 0.6 is 0 Å². The van der Waals surface area contributed by atoms with Crippen LogP contribution < -0.4 is 0 Å². The fourth-order valence-corrected chi connectivity index (χ4v) is 1.52. The van der Waals surface area contributed by atoms with Crippen molar-refractivity contribution in [1.82, 2.24) is 0 Å². The minimum atomic E-state index is -0.393. The smallest absolute Gasteiger partial charge is 0.162 e. The highest BCUT2D eigenvalue weighted by Gasteiger charge is 2.11.